The molecule has 4 rings (SSSR count). The molecule has 0 bridgehead atoms. The van der Waals surface area contributed by atoms with Crippen molar-refractivity contribution in [3.63, 3.8) is 0 Å². The Bertz CT molecular complexity index is 1510. The molecule has 0 atom stereocenters. The summed E-state index contributed by atoms with van der Waals surface area (Å²) in [5.74, 6) is -0.295. The maximum atomic E-state index is 13.7. The van der Waals surface area contributed by atoms with E-state index in [1.54, 1.807) is 0 Å². The SMILES string of the molecule is O=c1[nH]c2cc(C(F)(F)F)c(-n3ccnc3)cc2n(CCCCS(=O)(=O)c2ncn[nH]2)c1=O. The fourth-order valence-electron chi connectivity index (χ4n) is 3.38. The molecular weight excluding hydrogens is 467 g/mol. The Morgan fingerprint density at radius 3 is 2.55 bits per heavy atom. The molecule has 33 heavy (non-hydrogen) atoms. The quantitative estimate of drug-likeness (QED) is 0.297. The third kappa shape index (κ3) is 4.44. The van der Waals surface area contributed by atoms with Crippen LogP contribution in [0.3, 0.4) is 0 Å². The Morgan fingerprint density at radius 1 is 1.12 bits per heavy atom. The topological polar surface area (TPSA) is 148 Å². The van der Waals surface area contributed by atoms with Gasteiger partial charge >= 0.3 is 17.3 Å². The van der Waals surface area contributed by atoms with Crippen LogP contribution in [0.1, 0.15) is 18.4 Å². The van der Waals surface area contributed by atoms with Crippen molar-refractivity contribution in [1.82, 2.24) is 34.3 Å². The van der Waals surface area contributed by atoms with Gasteiger partial charge < -0.3 is 14.1 Å². The maximum Gasteiger partial charge on any atom is 0.418 e. The van der Waals surface area contributed by atoms with Crippen LogP contribution >= 0.6 is 0 Å². The summed E-state index contributed by atoms with van der Waals surface area (Å²) in [6, 6.07) is 1.90. The number of unbranched alkanes of at least 4 members (excludes halogenated alkanes) is 1. The first-order chi connectivity index (χ1) is 15.6. The summed E-state index contributed by atoms with van der Waals surface area (Å²) >= 11 is 0. The molecule has 3 heterocycles. The molecule has 15 heteroatoms. The van der Waals surface area contributed by atoms with Crippen molar-refractivity contribution in [2.75, 3.05) is 5.75 Å². The van der Waals surface area contributed by atoms with Gasteiger partial charge in [-0.05, 0) is 25.0 Å². The molecule has 2 N–H and O–H groups in total. The molecule has 174 valence electrons. The Labute approximate surface area is 182 Å². The van der Waals surface area contributed by atoms with E-state index < -0.39 is 32.7 Å². The molecule has 0 radical (unpaired) electrons. The fourth-order valence-corrected chi connectivity index (χ4v) is 4.55. The van der Waals surface area contributed by atoms with Crippen molar-refractivity contribution in [3.05, 3.63) is 63.5 Å². The van der Waals surface area contributed by atoms with Gasteiger partial charge in [0.15, 0.2) is 0 Å². The molecule has 0 unspecified atom stereocenters. The van der Waals surface area contributed by atoms with Gasteiger partial charge in [0.25, 0.3) is 0 Å². The molecule has 0 fully saturated rings. The lowest BCUT2D eigenvalue weighted by atomic mass is 10.1. The maximum absolute atomic E-state index is 13.7. The lowest BCUT2D eigenvalue weighted by Gasteiger charge is -2.17. The van der Waals surface area contributed by atoms with E-state index in [1.165, 1.54) is 18.7 Å². The summed E-state index contributed by atoms with van der Waals surface area (Å²) in [5, 5.41) is 5.47. The van der Waals surface area contributed by atoms with Gasteiger partial charge in [-0.15, -0.1) is 0 Å². The second-order valence-corrected chi connectivity index (χ2v) is 9.11. The first-order valence-corrected chi connectivity index (χ1v) is 11.2. The number of hydrogen-bond acceptors (Lipinski definition) is 7. The molecule has 0 amide bonds. The van der Waals surface area contributed by atoms with Crippen molar-refractivity contribution >= 4 is 20.9 Å². The number of aromatic nitrogens is 7. The monoisotopic (exact) mass is 483 g/mol. The minimum Gasteiger partial charge on any atom is -0.316 e. The van der Waals surface area contributed by atoms with Gasteiger partial charge in [-0.3, -0.25) is 14.7 Å². The zero-order valence-corrected chi connectivity index (χ0v) is 17.5. The van der Waals surface area contributed by atoms with Crippen LogP contribution in [0, 0.1) is 0 Å². The van der Waals surface area contributed by atoms with Crippen LogP contribution in [0.4, 0.5) is 13.2 Å². The number of nitrogens with zero attached hydrogens (tertiary/aromatic N) is 5. The molecule has 0 aliphatic heterocycles. The number of H-pyrrole nitrogens is 2. The third-order valence-electron chi connectivity index (χ3n) is 4.91. The molecule has 0 saturated carbocycles. The highest BCUT2D eigenvalue weighted by atomic mass is 32.2. The van der Waals surface area contributed by atoms with E-state index in [0.29, 0.717) is 0 Å². The normalized spacial score (nSPS) is 12.5. The lowest BCUT2D eigenvalue weighted by molar-refractivity contribution is -0.137. The summed E-state index contributed by atoms with van der Waals surface area (Å²) in [4.78, 5) is 34.1. The highest BCUT2D eigenvalue weighted by Gasteiger charge is 2.35. The highest BCUT2D eigenvalue weighted by Crippen LogP contribution is 2.35. The molecule has 0 saturated heterocycles. The number of benzene rings is 1. The minimum absolute atomic E-state index is 0.0643. The number of aryl methyl sites for hydroxylation is 1. The Hall–Kier alpha value is -3.75. The lowest BCUT2D eigenvalue weighted by Crippen LogP contribution is -2.36. The predicted molar refractivity (Wildman–Crippen MR) is 109 cm³/mol. The van der Waals surface area contributed by atoms with Crippen LogP contribution in [0.5, 0.6) is 0 Å². The molecule has 0 aliphatic rings. The van der Waals surface area contributed by atoms with E-state index in [4.69, 9.17) is 0 Å². The molecule has 11 nitrogen and oxygen atoms in total. The van der Waals surface area contributed by atoms with Gasteiger partial charge in [-0.2, -0.15) is 18.3 Å². The highest BCUT2D eigenvalue weighted by molar-refractivity contribution is 7.91. The predicted octanol–water partition coefficient (Wildman–Crippen LogP) is 1.27. The van der Waals surface area contributed by atoms with Crippen LogP contribution in [-0.2, 0) is 22.6 Å². The minimum atomic E-state index is -4.74. The van der Waals surface area contributed by atoms with Crippen molar-refractivity contribution in [2.45, 2.75) is 30.7 Å². The van der Waals surface area contributed by atoms with Crippen LogP contribution in [0.25, 0.3) is 16.7 Å². The molecule has 0 aliphatic carbocycles. The zero-order valence-electron chi connectivity index (χ0n) is 16.7. The first kappa shape index (κ1) is 22.4. The van der Waals surface area contributed by atoms with Crippen molar-refractivity contribution in [2.24, 2.45) is 0 Å². The van der Waals surface area contributed by atoms with Gasteiger partial charge in [0.05, 0.1) is 34.4 Å². The fraction of sp³-hybridized carbons (Fsp3) is 0.278. The number of halogens is 3. The first-order valence-electron chi connectivity index (χ1n) is 9.52. The number of fused-ring (bicyclic) bond motifs is 1. The van der Waals surface area contributed by atoms with Crippen molar-refractivity contribution in [1.29, 1.82) is 0 Å². The number of alkyl halides is 3. The van der Waals surface area contributed by atoms with E-state index >= 15 is 0 Å². The molecule has 0 spiro atoms. The summed E-state index contributed by atoms with van der Waals surface area (Å²) in [6.45, 7) is -0.0834. The summed E-state index contributed by atoms with van der Waals surface area (Å²) in [7, 11) is -3.71. The van der Waals surface area contributed by atoms with Crippen LogP contribution < -0.4 is 11.1 Å². The smallest absolute Gasteiger partial charge is 0.316 e. The Kier molecular flexibility index (Phi) is 5.65. The second-order valence-electron chi connectivity index (χ2n) is 7.08. The average Bonchev–Trinajstić information content (AvgIpc) is 3.46. The third-order valence-corrected chi connectivity index (χ3v) is 6.52. The van der Waals surface area contributed by atoms with Crippen LogP contribution in [0.2, 0.25) is 0 Å². The summed E-state index contributed by atoms with van der Waals surface area (Å²) in [5.41, 5.74) is -3.45. The second kappa shape index (κ2) is 8.31. The Morgan fingerprint density at radius 2 is 1.91 bits per heavy atom. The molecular formula is C18H16F3N7O4S. The number of aromatic amines is 2. The van der Waals surface area contributed by atoms with E-state index in [2.05, 4.69) is 25.1 Å². The zero-order chi connectivity index (χ0) is 23.8. The van der Waals surface area contributed by atoms with E-state index in [9.17, 15) is 31.2 Å². The van der Waals surface area contributed by atoms with Gasteiger partial charge in [0.2, 0.25) is 15.0 Å². The summed E-state index contributed by atoms with van der Waals surface area (Å²) < 4.78 is 67.5. The Balaban J connectivity index is 1.70. The van der Waals surface area contributed by atoms with Crippen LogP contribution in [0.15, 0.2) is 51.9 Å². The molecule has 1 aromatic carbocycles. The number of rotatable bonds is 7. The molecule has 3 aromatic heterocycles. The van der Waals surface area contributed by atoms with Crippen molar-refractivity contribution in [3.8, 4) is 5.69 Å². The number of imidazole rings is 1. The van der Waals surface area contributed by atoms with Gasteiger partial charge in [0.1, 0.15) is 6.33 Å². The van der Waals surface area contributed by atoms with Gasteiger partial charge in [-0.1, -0.05) is 0 Å². The largest absolute Gasteiger partial charge is 0.418 e. The molecule has 4 aromatic rings. The number of sulfone groups is 1. The van der Waals surface area contributed by atoms with Crippen molar-refractivity contribution < 1.29 is 21.6 Å². The number of hydrogen-bond donors (Lipinski definition) is 2. The summed E-state index contributed by atoms with van der Waals surface area (Å²) in [6.07, 6.45) is 0.395. The van der Waals surface area contributed by atoms with E-state index in [1.807, 2.05) is 0 Å². The van der Waals surface area contributed by atoms with Gasteiger partial charge in [-0.25, -0.2) is 18.4 Å². The van der Waals surface area contributed by atoms with Crippen LogP contribution in [-0.4, -0.2) is 48.5 Å². The standard InChI is InChI=1S/C18H16F3N7O4S/c19-18(20,21)11-7-12-14(8-13(11)27-5-3-22-10-27)28(16(30)15(29)25-12)4-1-2-6-33(31,32)17-23-9-24-26-17/h3,5,7-10H,1-2,4,6H2,(H,25,29)(H,23,24,26). The number of nitrogens with one attached hydrogen (secondary N) is 2. The average molecular weight is 483 g/mol. The van der Waals surface area contributed by atoms with Gasteiger partial charge in [0, 0.05) is 18.9 Å². The van der Waals surface area contributed by atoms with E-state index in [0.717, 1.165) is 27.6 Å². The van der Waals surface area contributed by atoms with E-state index in [-0.39, 0.29) is 47.0 Å².